The molecule has 1 fully saturated rings. The lowest BCUT2D eigenvalue weighted by Gasteiger charge is -2.14. The molecule has 0 bridgehead atoms. The Bertz CT molecular complexity index is 332. The van der Waals surface area contributed by atoms with Crippen molar-refractivity contribution in [1.29, 1.82) is 0 Å². The SMILES string of the molecule is C1Cc2nc(C3CC3)nnc2CN1. The van der Waals surface area contributed by atoms with Crippen molar-refractivity contribution < 1.29 is 0 Å². The number of hydrogen-bond donors (Lipinski definition) is 1. The van der Waals surface area contributed by atoms with Gasteiger partial charge < -0.3 is 5.32 Å². The molecule has 0 amide bonds. The van der Waals surface area contributed by atoms with Crippen molar-refractivity contribution in [2.24, 2.45) is 0 Å². The molecule has 1 N–H and O–H groups in total. The maximum Gasteiger partial charge on any atom is 0.154 e. The van der Waals surface area contributed by atoms with Gasteiger partial charge in [-0.1, -0.05) is 0 Å². The molecule has 2 heterocycles. The van der Waals surface area contributed by atoms with Crippen molar-refractivity contribution in [3.63, 3.8) is 0 Å². The molecule has 68 valence electrons. The highest BCUT2D eigenvalue weighted by Crippen LogP contribution is 2.37. The predicted molar refractivity (Wildman–Crippen MR) is 47.2 cm³/mol. The molecule has 0 spiro atoms. The van der Waals surface area contributed by atoms with Crippen LogP contribution in [-0.4, -0.2) is 21.7 Å². The van der Waals surface area contributed by atoms with Crippen LogP contribution in [0.25, 0.3) is 0 Å². The van der Waals surface area contributed by atoms with Gasteiger partial charge in [-0.2, -0.15) is 5.10 Å². The summed E-state index contributed by atoms with van der Waals surface area (Å²) < 4.78 is 0. The van der Waals surface area contributed by atoms with Gasteiger partial charge in [-0.3, -0.25) is 0 Å². The van der Waals surface area contributed by atoms with Crippen molar-refractivity contribution in [3.8, 4) is 0 Å². The van der Waals surface area contributed by atoms with E-state index in [4.69, 9.17) is 0 Å². The Labute approximate surface area is 76.8 Å². The third-order valence-corrected chi connectivity index (χ3v) is 2.63. The third-order valence-electron chi connectivity index (χ3n) is 2.63. The van der Waals surface area contributed by atoms with Crippen LogP contribution in [0.4, 0.5) is 0 Å². The maximum atomic E-state index is 4.56. The zero-order valence-electron chi connectivity index (χ0n) is 7.45. The van der Waals surface area contributed by atoms with Crippen molar-refractivity contribution in [1.82, 2.24) is 20.5 Å². The number of rotatable bonds is 1. The molecule has 0 radical (unpaired) electrons. The van der Waals surface area contributed by atoms with E-state index in [2.05, 4.69) is 20.5 Å². The third kappa shape index (κ3) is 1.31. The quantitative estimate of drug-likeness (QED) is 0.672. The van der Waals surface area contributed by atoms with Crippen LogP contribution in [0.1, 0.15) is 36.0 Å². The van der Waals surface area contributed by atoms with E-state index in [0.717, 1.165) is 36.7 Å². The first-order valence-electron chi connectivity index (χ1n) is 4.86. The molecule has 1 aliphatic heterocycles. The Kier molecular flexibility index (Phi) is 1.55. The van der Waals surface area contributed by atoms with Gasteiger partial charge >= 0.3 is 0 Å². The summed E-state index contributed by atoms with van der Waals surface area (Å²) in [5.74, 6) is 1.59. The van der Waals surface area contributed by atoms with Gasteiger partial charge in [0.25, 0.3) is 0 Å². The van der Waals surface area contributed by atoms with E-state index in [1.54, 1.807) is 0 Å². The van der Waals surface area contributed by atoms with E-state index in [1.165, 1.54) is 12.8 Å². The Hall–Kier alpha value is -1.03. The standard InChI is InChI=1S/C9H12N4/c1-2-6(1)9-11-7-3-4-10-5-8(7)12-13-9/h6,10H,1-5H2. The van der Waals surface area contributed by atoms with Crippen LogP contribution < -0.4 is 5.32 Å². The Morgan fingerprint density at radius 2 is 2.08 bits per heavy atom. The second-order valence-corrected chi connectivity index (χ2v) is 3.76. The molecule has 13 heavy (non-hydrogen) atoms. The largest absolute Gasteiger partial charge is 0.311 e. The molecule has 0 unspecified atom stereocenters. The van der Waals surface area contributed by atoms with Crippen LogP contribution >= 0.6 is 0 Å². The highest BCUT2D eigenvalue weighted by molar-refractivity contribution is 5.16. The number of fused-ring (bicyclic) bond motifs is 1. The van der Waals surface area contributed by atoms with Gasteiger partial charge in [-0.15, -0.1) is 5.10 Å². The molecular weight excluding hydrogens is 164 g/mol. The second-order valence-electron chi connectivity index (χ2n) is 3.76. The lowest BCUT2D eigenvalue weighted by Crippen LogP contribution is -2.26. The van der Waals surface area contributed by atoms with E-state index in [1.807, 2.05) is 0 Å². The summed E-state index contributed by atoms with van der Waals surface area (Å²) in [6.45, 7) is 1.86. The molecule has 1 saturated carbocycles. The monoisotopic (exact) mass is 176 g/mol. The van der Waals surface area contributed by atoms with E-state index in [-0.39, 0.29) is 0 Å². The Morgan fingerprint density at radius 3 is 2.92 bits per heavy atom. The minimum absolute atomic E-state index is 0.618. The van der Waals surface area contributed by atoms with Crippen LogP contribution in [0, 0.1) is 0 Å². The zero-order valence-corrected chi connectivity index (χ0v) is 7.45. The fourth-order valence-electron chi connectivity index (χ4n) is 1.66. The molecule has 4 nitrogen and oxygen atoms in total. The minimum Gasteiger partial charge on any atom is -0.311 e. The highest BCUT2D eigenvalue weighted by Gasteiger charge is 2.28. The molecule has 1 aromatic heterocycles. The summed E-state index contributed by atoms with van der Waals surface area (Å²) in [7, 11) is 0. The van der Waals surface area contributed by atoms with Crippen LogP contribution in [0.3, 0.4) is 0 Å². The summed E-state index contributed by atoms with van der Waals surface area (Å²) in [5, 5.41) is 11.6. The summed E-state index contributed by atoms with van der Waals surface area (Å²) in [6.07, 6.45) is 3.50. The van der Waals surface area contributed by atoms with Gasteiger partial charge in [-0.25, -0.2) is 4.98 Å². The van der Waals surface area contributed by atoms with Crippen molar-refractivity contribution >= 4 is 0 Å². The molecule has 3 rings (SSSR count). The smallest absolute Gasteiger partial charge is 0.154 e. The molecule has 0 aromatic carbocycles. The molecule has 1 aromatic rings. The average Bonchev–Trinajstić information content (AvgIpc) is 3.00. The lowest BCUT2D eigenvalue weighted by molar-refractivity contribution is 0.589. The minimum atomic E-state index is 0.618. The number of hydrogen-bond acceptors (Lipinski definition) is 4. The maximum absolute atomic E-state index is 4.56. The number of aromatic nitrogens is 3. The molecule has 1 aliphatic carbocycles. The molecule has 0 atom stereocenters. The Balaban J connectivity index is 1.98. The first kappa shape index (κ1) is 7.38. The first-order valence-corrected chi connectivity index (χ1v) is 4.86. The van der Waals surface area contributed by atoms with Gasteiger partial charge in [0.05, 0.1) is 11.4 Å². The lowest BCUT2D eigenvalue weighted by atomic mass is 10.2. The van der Waals surface area contributed by atoms with E-state index < -0.39 is 0 Å². The summed E-state index contributed by atoms with van der Waals surface area (Å²) in [4.78, 5) is 4.56. The van der Waals surface area contributed by atoms with Crippen LogP contribution in [0.2, 0.25) is 0 Å². The summed E-state index contributed by atoms with van der Waals surface area (Å²) in [5.41, 5.74) is 2.20. The summed E-state index contributed by atoms with van der Waals surface area (Å²) in [6, 6.07) is 0. The van der Waals surface area contributed by atoms with Crippen LogP contribution in [-0.2, 0) is 13.0 Å². The van der Waals surface area contributed by atoms with E-state index in [9.17, 15) is 0 Å². The normalized spacial score (nSPS) is 21.2. The fourth-order valence-corrected chi connectivity index (χ4v) is 1.66. The van der Waals surface area contributed by atoms with E-state index >= 15 is 0 Å². The fraction of sp³-hybridized carbons (Fsp3) is 0.667. The predicted octanol–water partition coefficient (Wildman–Crippen LogP) is 0.395. The molecular formula is C9H12N4. The molecule has 4 heteroatoms. The van der Waals surface area contributed by atoms with Gasteiger partial charge in [0.15, 0.2) is 5.82 Å². The van der Waals surface area contributed by atoms with Gasteiger partial charge in [0.1, 0.15) is 0 Å². The Morgan fingerprint density at radius 1 is 1.15 bits per heavy atom. The number of nitrogens with one attached hydrogen (secondary N) is 1. The van der Waals surface area contributed by atoms with Crippen LogP contribution in [0.5, 0.6) is 0 Å². The topological polar surface area (TPSA) is 50.7 Å². The van der Waals surface area contributed by atoms with Gasteiger partial charge in [0.2, 0.25) is 0 Å². The van der Waals surface area contributed by atoms with E-state index in [0.29, 0.717) is 5.92 Å². The average molecular weight is 176 g/mol. The van der Waals surface area contributed by atoms with Gasteiger partial charge in [0, 0.05) is 25.4 Å². The highest BCUT2D eigenvalue weighted by atomic mass is 15.2. The first-order chi connectivity index (χ1) is 6.43. The number of nitrogens with zero attached hydrogens (tertiary/aromatic N) is 3. The molecule has 2 aliphatic rings. The molecule has 0 saturated heterocycles. The van der Waals surface area contributed by atoms with Crippen LogP contribution in [0.15, 0.2) is 0 Å². The van der Waals surface area contributed by atoms with Crippen molar-refractivity contribution in [2.75, 3.05) is 6.54 Å². The van der Waals surface area contributed by atoms with Gasteiger partial charge in [-0.05, 0) is 12.8 Å². The summed E-state index contributed by atoms with van der Waals surface area (Å²) >= 11 is 0. The van der Waals surface area contributed by atoms with Crippen molar-refractivity contribution in [3.05, 3.63) is 17.2 Å². The second kappa shape index (κ2) is 2.73. The van der Waals surface area contributed by atoms with Crippen molar-refractivity contribution in [2.45, 2.75) is 31.7 Å². The zero-order chi connectivity index (χ0) is 8.67.